The summed E-state index contributed by atoms with van der Waals surface area (Å²) in [5, 5.41) is 50.2. The number of rotatable bonds is 24. The molecule has 0 aliphatic heterocycles. The standard InChI is InChI=1S/C20H28N6O.C18H23N5O.C14H13F2N5.2C13H12ClN5/c1-5-16(12-27)25(4)20-23-18(21-11-15-9-7-6-8-10-15)17-19(24-20)26(13-22-17)14(2)3;1-3-14(12-24)20-18-21-16(15-9-10-23(2)17(15)22-18)19-11-13-7-5-4-6-8-13;1-8-5-10(15)4-3-9(8)6-17-12-11-13(20-14(16)19-12)21(2)7-18-11;1-19-8-10-11(16-13(14)17-12(10)18-19)15-7-9-5-3-2-4-6-9;1-19-12-10(8-16-19)11(17-13(14)18-12)15-7-9-5-3-2-4-6-9/h6-10,13-14,16,27H,5,11-12H2,1-4H3,(H,21,23,24);4-10,14,24H,3,11-12H2,1-2H3,(H2,19,20,21,22);3-5,7H,6H2,1-2H3,(H,17,19,20);2-6,8H,7H2,1H3,(H,15,16,17,18);2-6,8H,7H2,1H3,(H,15,17,18)/t16-;14-;;;/m11.../s1. The van der Waals surface area contributed by atoms with Crippen molar-refractivity contribution < 1.29 is 19.0 Å². The molecule has 0 unspecified atom stereocenters. The second-order valence-electron chi connectivity index (χ2n) is 26.0. The number of anilines is 7. The molecule has 32 heteroatoms. The van der Waals surface area contributed by atoms with Gasteiger partial charge < -0.3 is 60.7 Å². The zero-order chi connectivity index (χ0) is 77.8. The first-order valence-corrected chi connectivity index (χ1v) is 36.5. The molecule has 2 atom stereocenters. The maximum Gasteiger partial charge on any atom is 0.312 e. The van der Waals surface area contributed by atoms with Crippen LogP contribution in [0, 0.1) is 18.8 Å². The van der Waals surface area contributed by atoms with Gasteiger partial charge >= 0.3 is 6.08 Å². The van der Waals surface area contributed by atoms with E-state index in [2.05, 4.69) is 154 Å². The number of aryl methyl sites for hydroxylation is 5. The Bertz CT molecular complexity index is 5420. The lowest BCUT2D eigenvalue weighted by Crippen LogP contribution is -2.35. The Morgan fingerprint density at radius 3 is 1.63 bits per heavy atom. The van der Waals surface area contributed by atoms with Crippen molar-refractivity contribution in [3.8, 4) is 0 Å². The molecule has 10 aromatic heterocycles. The second-order valence-corrected chi connectivity index (χ2v) is 26.7. The normalized spacial score (nSPS) is 11.6. The van der Waals surface area contributed by atoms with E-state index in [-0.39, 0.29) is 47.7 Å². The molecule has 15 aromatic rings. The van der Waals surface area contributed by atoms with Gasteiger partial charge in [-0.05, 0) is 108 Å². The molecule has 110 heavy (non-hydrogen) atoms. The zero-order valence-electron chi connectivity index (χ0n) is 62.7. The number of halogens is 4. The van der Waals surface area contributed by atoms with Crippen molar-refractivity contribution in [2.45, 2.75) is 98.3 Å². The molecule has 0 aliphatic carbocycles. The first kappa shape index (κ1) is 78.9. The van der Waals surface area contributed by atoms with E-state index in [9.17, 15) is 19.0 Å². The highest BCUT2D eigenvalue weighted by molar-refractivity contribution is 6.29. The van der Waals surface area contributed by atoms with Crippen LogP contribution in [0.2, 0.25) is 10.6 Å². The van der Waals surface area contributed by atoms with Crippen molar-refractivity contribution in [1.29, 1.82) is 0 Å². The lowest BCUT2D eigenvalue weighted by molar-refractivity contribution is 0.258. The van der Waals surface area contributed by atoms with Crippen molar-refractivity contribution in [3.05, 3.63) is 233 Å². The number of hydrogen-bond acceptors (Lipinski definition) is 23. The molecule has 0 aliphatic rings. The molecule has 0 bridgehead atoms. The summed E-state index contributed by atoms with van der Waals surface area (Å²) in [6.45, 7) is 13.3. The van der Waals surface area contributed by atoms with Crippen LogP contribution >= 0.6 is 23.2 Å². The number of aliphatic hydroxyl groups is 2. The van der Waals surface area contributed by atoms with Gasteiger partial charge in [-0.2, -0.15) is 64.4 Å². The SMILES string of the molecule is CC[C@H](CO)N(C)c1nc(NCc2ccccc2)c2ncn(C(C)C)c2n1.CC[C@H](CO)Nc1nc(NCc2ccccc2)c2ccn(C)c2n1.Cc1cc(F)ccc1CNc1nc(F)nc2c1ncn2C.Cn1cc2c(NCc3ccccc3)nc(Cl)nc2n1.Cn1ncc2c(NCc3ccccc3)nc(Cl)nc21. The summed E-state index contributed by atoms with van der Waals surface area (Å²) in [6, 6.07) is 47.3. The van der Waals surface area contributed by atoms with E-state index in [1.54, 1.807) is 39.6 Å². The van der Waals surface area contributed by atoms with Crippen molar-refractivity contribution in [2.75, 3.05) is 57.1 Å². The van der Waals surface area contributed by atoms with E-state index < -0.39 is 6.08 Å². The maximum absolute atomic E-state index is 13.5. The maximum atomic E-state index is 13.5. The predicted octanol–water partition coefficient (Wildman–Crippen LogP) is 13.8. The van der Waals surface area contributed by atoms with E-state index in [0.717, 1.165) is 68.4 Å². The molecule has 10 heterocycles. The Balaban J connectivity index is 0.000000137. The van der Waals surface area contributed by atoms with Gasteiger partial charge in [-0.3, -0.25) is 9.36 Å². The van der Waals surface area contributed by atoms with Crippen molar-refractivity contribution in [2.24, 2.45) is 28.2 Å². The predicted molar refractivity (Wildman–Crippen MR) is 431 cm³/mol. The lowest BCUT2D eigenvalue weighted by Gasteiger charge is -2.26. The summed E-state index contributed by atoms with van der Waals surface area (Å²) in [6.07, 6.45) is 9.74. The smallest absolute Gasteiger partial charge is 0.312 e. The molecule has 570 valence electrons. The summed E-state index contributed by atoms with van der Waals surface area (Å²) in [5.74, 6) is 4.05. The van der Waals surface area contributed by atoms with Gasteiger partial charge in [0.15, 0.2) is 45.3 Å². The van der Waals surface area contributed by atoms with Crippen LogP contribution in [0.25, 0.3) is 55.4 Å². The summed E-state index contributed by atoms with van der Waals surface area (Å²) in [7, 11) is 9.28. The molecule has 0 fully saturated rings. The number of likely N-dealkylation sites (N-methyl/N-ethyl adjacent to an activating group) is 1. The van der Waals surface area contributed by atoms with Crippen molar-refractivity contribution in [1.82, 2.24) is 93.1 Å². The molecule has 0 saturated heterocycles. The Hall–Kier alpha value is -12.1. The molecule has 0 spiro atoms. The van der Waals surface area contributed by atoms with Crippen LogP contribution in [-0.2, 0) is 60.9 Å². The highest BCUT2D eigenvalue weighted by Gasteiger charge is 2.22. The number of aromatic nitrogens is 19. The van der Waals surface area contributed by atoms with Crippen LogP contribution in [0.1, 0.15) is 80.0 Å². The quantitative estimate of drug-likeness (QED) is 0.0261. The van der Waals surface area contributed by atoms with Gasteiger partial charge in [0.25, 0.3) is 0 Å². The minimum absolute atomic E-state index is 0.0279. The Labute approximate surface area is 644 Å². The average molecular weight is 1530 g/mol. The van der Waals surface area contributed by atoms with Gasteiger partial charge in [0.2, 0.25) is 22.5 Å². The number of nitrogens with zero attached hydrogens (tertiary/aromatic N) is 20. The number of hydrogen-bond donors (Lipinski definition) is 8. The van der Waals surface area contributed by atoms with E-state index >= 15 is 0 Å². The third-order valence-corrected chi connectivity index (χ3v) is 18.1. The van der Waals surface area contributed by atoms with Crippen LogP contribution in [-0.4, -0.2) is 136 Å². The van der Waals surface area contributed by atoms with Crippen LogP contribution in [0.5, 0.6) is 0 Å². The zero-order valence-corrected chi connectivity index (χ0v) is 64.2. The number of nitrogens with one attached hydrogen (secondary N) is 6. The average Bonchev–Trinajstić information content (AvgIpc) is 1.59. The Morgan fingerprint density at radius 2 is 1.06 bits per heavy atom. The first-order valence-electron chi connectivity index (χ1n) is 35.7. The third kappa shape index (κ3) is 20.4. The summed E-state index contributed by atoms with van der Waals surface area (Å²) < 4.78 is 35.5. The minimum atomic E-state index is -0.815. The Kier molecular flexibility index (Phi) is 27.0. The second kappa shape index (κ2) is 37.6. The van der Waals surface area contributed by atoms with Crippen LogP contribution < -0.4 is 36.8 Å². The van der Waals surface area contributed by atoms with Gasteiger partial charge in [0.05, 0.1) is 60.3 Å². The molecule has 8 N–H and O–H groups in total. The molecule has 28 nitrogen and oxygen atoms in total. The molecule has 5 aromatic carbocycles. The molecule has 0 radical (unpaired) electrons. The fourth-order valence-electron chi connectivity index (χ4n) is 11.6. The molecular formula is C78H88Cl2F2N26O2. The van der Waals surface area contributed by atoms with E-state index in [0.29, 0.717) is 84.7 Å². The highest BCUT2D eigenvalue weighted by atomic mass is 35.5. The molecular weight excluding hydrogens is 1440 g/mol. The molecule has 0 saturated carbocycles. The fourth-order valence-corrected chi connectivity index (χ4v) is 11.9. The first-order chi connectivity index (χ1) is 53.3. The Morgan fingerprint density at radius 1 is 0.518 bits per heavy atom. The van der Waals surface area contributed by atoms with Gasteiger partial charge in [-0.25, -0.2) is 14.4 Å². The van der Waals surface area contributed by atoms with E-state index in [1.807, 2.05) is 161 Å². The highest BCUT2D eigenvalue weighted by Crippen LogP contribution is 2.29. The fraction of sp³-hybridized carbons (Fsp3) is 0.282. The van der Waals surface area contributed by atoms with Gasteiger partial charge in [0.1, 0.15) is 28.9 Å². The summed E-state index contributed by atoms with van der Waals surface area (Å²) >= 11 is 11.8. The third-order valence-electron chi connectivity index (χ3n) is 17.8. The van der Waals surface area contributed by atoms with Crippen molar-refractivity contribution >= 4 is 120 Å². The van der Waals surface area contributed by atoms with Crippen LogP contribution in [0.4, 0.5) is 49.8 Å². The lowest BCUT2D eigenvalue weighted by atomic mass is 10.1. The van der Waals surface area contributed by atoms with Crippen LogP contribution in [0.15, 0.2) is 177 Å². The summed E-state index contributed by atoms with van der Waals surface area (Å²) in [5.41, 5.74) is 11.1. The van der Waals surface area contributed by atoms with Crippen LogP contribution in [0.3, 0.4) is 0 Å². The number of imidazole rings is 2. The minimum Gasteiger partial charge on any atom is -0.394 e. The van der Waals surface area contributed by atoms with Crippen molar-refractivity contribution in [3.63, 3.8) is 0 Å². The number of benzene rings is 5. The van der Waals surface area contributed by atoms with Gasteiger partial charge in [-0.15, -0.1) is 0 Å². The summed E-state index contributed by atoms with van der Waals surface area (Å²) in [4.78, 5) is 53.4. The van der Waals surface area contributed by atoms with E-state index in [4.69, 9.17) is 33.2 Å². The topological polar surface area (TPSA) is 321 Å². The molecule has 0 amide bonds. The largest absolute Gasteiger partial charge is 0.394 e. The molecule has 15 rings (SSSR count). The van der Waals surface area contributed by atoms with Gasteiger partial charge in [-0.1, -0.05) is 141 Å². The number of fused-ring (bicyclic) bond motifs is 5. The van der Waals surface area contributed by atoms with Gasteiger partial charge in [0, 0.05) is 86.4 Å². The number of aliphatic hydroxyl groups excluding tert-OH is 2. The van der Waals surface area contributed by atoms with E-state index in [1.165, 1.54) is 34.4 Å². The monoisotopic (exact) mass is 1530 g/mol.